The zero-order valence-corrected chi connectivity index (χ0v) is 18.4. The van der Waals surface area contributed by atoms with Crippen molar-refractivity contribution in [2.45, 2.75) is 117 Å². The van der Waals surface area contributed by atoms with E-state index in [2.05, 4.69) is 13.8 Å². The molecule has 1 aliphatic heterocycles. The second kappa shape index (κ2) is 17.0. The average molecular weight is 369 g/mol. The van der Waals surface area contributed by atoms with Gasteiger partial charge >= 0.3 is 0 Å². The summed E-state index contributed by atoms with van der Waals surface area (Å²) >= 11 is 0. The van der Waals surface area contributed by atoms with Crippen LogP contribution in [0.3, 0.4) is 0 Å². The topological polar surface area (TPSA) is 9.23 Å². The summed E-state index contributed by atoms with van der Waals surface area (Å²) in [5.74, 6) is 0. The number of hydrogen-bond acceptors (Lipinski definition) is 1. The van der Waals surface area contributed by atoms with Gasteiger partial charge in [-0.05, 0) is 19.3 Å². The van der Waals surface area contributed by atoms with Crippen LogP contribution in [0.1, 0.15) is 117 Å². The summed E-state index contributed by atoms with van der Waals surface area (Å²) in [5, 5.41) is 0. The zero-order chi connectivity index (χ0) is 18.8. The van der Waals surface area contributed by atoms with E-state index < -0.39 is 0 Å². The normalized spacial score (nSPS) is 16.8. The van der Waals surface area contributed by atoms with Gasteiger partial charge in [0.2, 0.25) is 0 Å². The van der Waals surface area contributed by atoms with Crippen LogP contribution in [-0.2, 0) is 4.74 Å². The molecule has 0 atom stereocenters. The van der Waals surface area contributed by atoms with Gasteiger partial charge in [-0.3, -0.25) is 0 Å². The lowest BCUT2D eigenvalue weighted by Gasteiger charge is -2.41. The number of ether oxygens (including phenoxy) is 1. The molecule has 0 aromatic carbocycles. The van der Waals surface area contributed by atoms with Gasteiger partial charge in [-0.1, -0.05) is 97.3 Å². The minimum Gasteiger partial charge on any atom is -0.370 e. The van der Waals surface area contributed by atoms with Crippen molar-refractivity contribution in [2.75, 3.05) is 39.4 Å². The van der Waals surface area contributed by atoms with E-state index in [0.29, 0.717) is 0 Å². The highest BCUT2D eigenvalue weighted by Crippen LogP contribution is 2.17. The van der Waals surface area contributed by atoms with Gasteiger partial charge in [0.25, 0.3) is 0 Å². The fourth-order valence-electron chi connectivity index (χ4n) is 4.42. The number of unbranched alkanes of at least 4 members (excludes halogenated alkanes) is 14. The first kappa shape index (κ1) is 24.0. The Morgan fingerprint density at radius 3 is 1.35 bits per heavy atom. The first-order valence-corrected chi connectivity index (χ1v) is 12.3. The zero-order valence-electron chi connectivity index (χ0n) is 18.4. The van der Waals surface area contributed by atoms with Crippen molar-refractivity contribution in [1.82, 2.24) is 0 Å². The summed E-state index contributed by atoms with van der Waals surface area (Å²) < 4.78 is 6.97. The molecule has 0 aromatic heterocycles. The van der Waals surface area contributed by atoms with E-state index in [9.17, 15) is 0 Å². The Bertz CT molecular complexity index is 286. The van der Waals surface area contributed by atoms with Gasteiger partial charge in [0.15, 0.2) is 0 Å². The number of rotatable bonds is 18. The molecule has 2 heteroatoms. The number of quaternary nitrogens is 1. The number of morpholine rings is 1. The fraction of sp³-hybridized carbons (Fsp3) is 1.00. The minimum atomic E-state index is 0.988. The Hall–Kier alpha value is -0.0800. The average Bonchev–Trinajstić information content (AvgIpc) is 2.67. The first-order chi connectivity index (χ1) is 12.8. The molecule has 0 radical (unpaired) electrons. The van der Waals surface area contributed by atoms with Crippen molar-refractivity contribution in [3.63, 3.8) is 0 Å². The molecule has 1 heterocycles. The van der Waals surface area contributed by atoms with Crippen LogP contribution >= 0.6 is 0 Å². The maximum absolute atomic E-state index is 5.61. The SMILES string of the molecule is CCCCCCCCCCCCCCCC[N+]1(CCCC)CCOCC1. The lowest BCUT2D eigenvalue weighted by atomic mass is 10.0. The molecule has 1 saturated heterocycles. The molecular weight excluding hydrogens is 318 g/mol. The Morgan fingerprint density at radius 2 is 0.885 bits per heavy atom. The number of nitrogens with zero attached hydrogens (tertiary/aromatic N) is 1. The van der Waals surface area contributed by atoms with E-state index in [1.54, 1.807) is 0 Å². The van der Waals surface area contributed by atoms with Gasteiger partial charge in [-0.15, -0.1) is 0 Å². The van der Waals surface area contributed by atoms with E-state index in [1.807, 2.05) is 0 Å². The van der Waals surface area contributed by atoms with Crippen LogP contribution in [0, 0.1) is 0 Å². The van der Waals surface area contributed by atoms with Gasteiger partial charge < -0.3 is 9.22 Å². The molecular formula is C24H50NO+. The molecule has 0 spiro atoms. The highest BCUT2D eigenvalue weighted by Gasteiger charge is 2.28. The molecule has 0 amide bonds. The molecule has 0 aromatic rings. The maximum atomic E-state index is 5.61. The molecule has 2 nitrogen and oxygen atoms in total. The second-order valence-electron chi connectivity index (χ2n) is 8.80. The van der Waals surface area contributed by atoms with Gasteiger partial charge in [0.1, 0.15) is 13.1 Å². The lowest BCUT2D eigenvalue weighted by molar-refractivity contribution is -0.935. The Kier molecular flexibility index (Phi) is 15.7. The van der Waals surface area contributed by atoms with Crippen LogP contribution < -0.4 is 0 Å². The quantitative estimate of drug-likeness (QED) is 0.185. The van der Waals surface area contributed by atoms with E-state index in [0.717, 1.165) is 13.2 Å². The molecule has 26 heavy (non-hydrogen) atoms. The number of hydrogen-bond donors (Lipinski definition) is 0. The molecule has 1 aliphatic rings. The van der Waals surface area contributed by atoms with Gasteiger partial charge in [-0.2, -0.15) is 0 Å². The van der Waals surface area contributed by atoms with Crippen LogP contribution in [0.15, 0.2) is 0 Å². The summed E-state index contributed by atoms with van der Waals surface area (Å²) in [5.41, 5.74) is 0. The molecule has 0 saturated carbocycles. The summed E-state index contributed by atoms with van der Waals surface area (Å²) in [7, 11) is 0. The molecule has 1 fully saturated rings. The van der Waals surface area contributed by atoms with E-state index in [1.165, 1.54) is 133 Å². The van der Waals surface area contributed by atoms with Gasteiger partial charge in [0, 0.05) is 0 Å². The third kappa shape index (κ3) is 12.3. The van der Waals surface area contributed by atoms with Crippen LogP contribution in [0.5, 0.6) is 0 Å². The van der Waals surface area contributed by atoms with Crippen LogP contribution in [0.4, 0.5) is 0 Å². The monoisotopic (exact) mass is 368 g/mol. The molecule has 0 N–H and O–H groups in total. The highest BCUT2D eigenvalue weighted by molar-refractivity contribution is 4.54. The van der Waals surface area contributed by atoms with Crippen LogP contribution in [0.2, 0.25) is 0 Å². The fourth-order valence-corrected chi connectivity index (χ4v) is 4.42. The van der Waals surface area contributed by atoms with Crippen molar-refractivity contribution >= 4 is 0 Å². The summed E-state index contributed by atoms with van der Waals surface area (Å²) in [6, 6.07) is 0. The van der Waals surface area contributed by atoms with Crippen molar-refractivity contribution in [1.29, 1.82) is 0 Å². The Labute approximate surface area is 165 Å². The Morgan fingerprint density at radius 1 is 0.500 bits per heavy atom. The van der Waals surface area contributed by atoms with E-state index in [4.69, 9.17) is 4.74 Å². The Balaban J connectivity index is 1.89. The van der Waals surface area contributed by atoms with Gasteiger partial charge in [0.05, 0.1) is 26.3 Å². The largest absolute Gasteiger partial charge is 0.370 e. The summed E-state index contributed by atoms with van der Waals surface area (Å²) in [6.07, 6.45) is 23.1. The highest BCUT2D eigenvalue weighted by atomic mass is 16.5. The molecule has 1 rings (SSSR count). The summed E-state index contributed by atoms with van der Waals surface area (Å²) in [6.45, 7) is 11.9. The predicted molar refractivity (Wildman–Crippen MR) is 116 cm³/mol. The molecule has 0 unspecified atom stereocenters. The third-order valence-electron chi connectivity index (χ3n) is 6.39. The first-order valence-electron chi connectivity index (χ1n) is 12.3. The van der Waals surface area contributed by atoms with Crippen molar-refractivity contribution in [3.8, 4) is 0 Å². The van der Waals surface area contributed by atoms with E-state index in [-0.39, 0.29) is 0 Å². The van der Waals surface area contributed by atoms with Crippen molar-refractivity contribution < 1.29 is 9.22 Å². The van der Waals surface area contributed by atoms with Crippen LogP contribution in [-0.4, -0.2) is 43.9 Å². The molecule has 0 aliphatic carbocycles. The maximum Gasteiger partial charge on any atom is 0.102 e. The smallest absolute Gasteiger partial charge is 0.102 e. The van der Waals surface area contributed by atoms with Crippen molar-refractivity contribution in [2.24, 2.45) is 0 Å². The van der Waals surface area contributed by atoms with Crippen LogP contribution in [0.25, 0.3) is 0 Å². The molecule has 0 bridgehead atoms. The standard InChI is InChI=1S/C24H50NO/c1-3-5-7-8-9-10-11-12-13-14-15-16-17-18-20-25(19-6-4-2)21-23-26-24-22-25/h3-24H2,1-2H3/q+1. The van der Waals surface area contributed by atoms with E-state index >= 15 is 0 Å². The minimum absolute atomic E-state index is 0.988. The third-order valence-corrected chi connectivity index (χ3v) is 6.39. The van der Waals surface area contributed by atoms with Crippen molar-refractivity contribution in [3.05, 3.63) is 0 Å². The summed E-state index contributed by atoms with van der Waals surface area (Å²) in [4.78, 5) is 0. The predicted octanol–water partition coefficient (Wildman–Crippen LogP) is 7.11. The van der Waals surface area contributed by atoms with Gasteiger partial charge in [-0.25, -0.2) is 0 Å². The molecule has 156 valence electrons. The lowest BCUT2D eigenvalue weighted by Crippen LogP contribution is -2.56. The second-order valence-corrected chi connectivity index (χ2v) is 8.80.